The van der Waals surface area contributed by atoms with E-state index in [0.29, 0.717) is 0 Å². The molecule has 4 rings (SSSR count). The van der Waals surface area contributed by atoms with Crippen LogP contribution in [0.4, 0.5) is 0 Å². The molecular formula is C17H17N3O2. The molecule has 0 bridgehead atoms. The zero-order valence-electron chi connectivity index (χ0n) is 12.0. The normalized spacial score (nSPS) is 20.8. The number of phenolic OH excluding ortho intramolecular Hbond substituents is 1. The van der Waals surface area contributed by atoms with Crippen molar-refractivity contribution in [2.75, 3.05) is 0 Å². The van der Waals surface area contributed by atoms with Crippen molar-refractivity contribution < 1.29 is 9.84 Å². The maximum atomic E-state index is 9.43. The molecule has 5 heteroatoms. The van der Waals surface area contributed by atoms with E-state index in [1.165, 1.54) is 0 Å². The number of nitrogens with one attached hydrogen (secondary N) is 1. The second kappa shape index (κ2) is 5.03. The second-order valence-electron chi connectivity index (χ2n) is 5.82. The van der Waals surface area contributed by atoms with E-state index < -0.39 is 0 Å². The number of H-pyrrole nitrogens is 1. The van der Waals surface area contributed by atoms with Crippen LogP contribution in [0.1, 0.15) is 12.8 Å². The Morgan fingerprint density at radius 2 is 1.91 bits per heavy atom. The Morgan fingerprint density at radius 3 is 2.64 bits per heavy atom. The molecular weight excluding hydrogens is 278 g/mol. The van der Waals surface area contributed by atoms with Crippen LogP contribution in [0.5, 0.6) is 11.5 Å². The Bertz CT molecular complexity index is 804. The number of phenols is 1. The van der Waals surface area contributed by atoms with Crippen molar-refractivity contribution in [3.63, 3.8) is 0 Å². The van der Waals surface area contributed by atoms with Crippen LogP contribution in [0, 0.1) is 0 Å². The van der Waals surface area contributed by atoms with Crippen molar-refractivity contribution in [3.05, 3.63) is 42.6 Å². The van der Waals surface area contributed by atoms with Crippen molar-refractivity contribution in [1.29, 1.82) is 0 Å². The van der Waals surface area contributed by atoms with Gasteiger partial charge in [-0.15, -0.1) is 0 Å². The molecule has 0 radical (unpaired) electrons. The summed E-state index contributed by atoms with van der Waals surface area (Å²) in [6.07, 6.45) is 3.75. The number of ether oxygens (including phenoxy) is 1. The summed E-state index contributed by atoms with van der Waals surface area (Å²) in [6, 6.07) is 11.4. The standard InChI is InChI=1S/C17H17N3O2/c18-12-7-14(8-12)22-17-6-11(5-16-15(17)9-19-20-16)10-1-3-13(21)4-2-10/h1-6,9,12,14,21H,7-8,18H2,(H,19,20). The molecule has 0 saturated heterocycles. The molecule has 1 aliphatic carbocycles. The first-order valence-corrected chi connectivity index (χ1v) is 7.38. The van der Waals surface area contributed by atoms with Gasteiger partial charge in [-0.3, -0.25) is 5.10 Å². The minimum atomic E-state index is 0.183. The van der Waals surface area contributed by atoms with Gasteiger partial charge in [-0.2, -0.15) is 5.10 Å². The highest BCUT2D eigenvalue weighted by atomic mass is 16.5. The zero-order chi connectivity index (χ0) is 15.1. The molecule has 0 spiro atoms. The quantitative estimate of drug-likeness (QED) is 0.693. The van der Waals surface area contributed by atoms with Gasteiger partial charge in [0.25, 0.3) is 0 Å². The predicted octanol–water partition coefficient (Wildman–Crippen LogP) is 2.80. The van der Waals surface area contributed by atoms with Gasteiger partial charge in [0, 0.05) is 6.04 Å². The number of rotatable bonds is 3. The highest BCUT2D eigenvalue weighted by Gasteiger charge is 2.28. The molecule has 112 valence electrons. The topological polar surface area (TPSA) is 84.2 Å². The summed E-state index contributed by atoms with van der Waals surface area (Å²) < 4.78 is 6.09. The lowest BCUT2D eigenvalue weighted by atomic mass is 9.90. The van der Waals surface area contributed by atoms with E-state index in [1.807, 2.05) is 24.3 Å². The van der Waals surface area contributed by atoms with E-state index in [1.54, 1.807) is 18.3 Å². The van der Waals surface area contributed by atoms with Crippen LogP contribution in [0.15, 0.2) is 42.6 Å². The maximum Gasteiger partial charge on any atom is 0.131 e. The summed E-state index contributed by atoms with van der Waals surface area (Å²) in [4.78, 5) is 0. The number of fused-ring (bicyclic) bond motifs is 1. The van der Waals surface area contributed by atoms with Crippen LogP contribution < -0.4 is 10.5 Å². The number of hydrogen-bond donors (Lipinski definition) is 3. The largest absolute Gasteiger partial charge is 0.508 e. The number of nitrogens with two attached hydrogens (primary N) is 1. The summed E-state index contributed by atoms with van der Waals surface area (Å²) in [5.74, 6) is 1.08. The lowest BCUT2D eigenvalue weighted by molar-refractivity contribution is 0.103. The van der Waals surface area contributed by atoms with E-state index in [2.05, 4.69) is 10.2 Å². The molecule has 4 N–H and O–H groups in total. The van der Waals surface area contributed by atoms with Crippen LogP contribution in [-0.2, 0) is 0 Å². The third kappa shape index (κ3) is 2.29. The van der Waals surface area contributed by atoms with Crippen molar-refractivity contribution in [1.82, 2.24) is 10.2 Å². The lowest BCUT2D eigenvalue weighted by Crippen LogP contribution is -2.43. The maximum absolute atomic E-state index is 9.43. The summed E-state index contributed by atoms with van der Waals surface area (Å²) in [7, 11) is 0. The lowest BCUT2D eigenvalue weighted by Gasteiger charge is -2.32. The van der Waals surface area contributed by atoms with Gasteiger partial charge >= 0.3 is 0 Å². The van der Waals surface area contributed by atoms with Gasteiger partial charge in [-0.25, -0.2) is 0 Å². The SMILES string of the molecule is NC1CC(Oc2cc(-c3ccc(O)cc3)cc3[nH]ncc23)C1. The predicted molar refractivity (Wildman–Crippen MR) is 84.8 cm³/mol. The fourth-order valence-corrected chi connectivity index (χ4v) is 2.82. The van der Waals surface area contributed by atoms with Gasteiger partial charge in [0.05, 0.1) is 17.1 Å². The van der Waals surface area contributed by atoms with Gasteiger partial charge in [0.1, 0.15) is 17.6 Å². The van der Waals surface area contributed by atoms with Crippen LogP contribution in [0.2, 0.25) is 0 Å². The van der Waals surface area contributed by atoms with E-state index in [-0.39, 0.29) is 17.9 Å². The Balaban J connectivity index is 1.74. The molecule has 3 aromatic rings. The van der Waals surface area contributed by atoms with Crippen LogP contribution in [0.3, 0.4) is 0 Å². The molecule has 2 aromatic carbocycles. The molecule has 0 aliphatic heterocycles. The van der Waals surface area contributed by atoms with E-state index in [4.69, 9.17) is 10.5 Å². The Kier molecular flexibility index (Phi) is 3.01. The number of benzene rings is 2. The average Bonchev–Trinajstić information content (AvgIpc) is 2.95. The van der Waals surface area contributed by atoms with E-state index in [0.717, 1.165) is 40.6 Å². The van der Waals surface area contributed by atoms with Crippen LogP contribution in [0.25, 0.3) is 22.0 Å². The van der Waals surface area contributed by atoms with Crippen molar-refractivity contribution in [2.24, 2.45) is 5.73 Å². The van der Waals surface area contributed by atoms with Crippen molar-refractivity contribution in [2.45, 2.75) is 25.0 Å². The molecule has 1 heterocycles. The second-order valence-corrected chi connectivity index (χ2v) is 5.82. The summed E-state index contributed by atoms with van der Waals surface area (Å²) in [5.41, 5.74) is 8.80. The zero-order valence-corrected chi connectivity index (χ0v) is 12.0. The molecule has 5 nitrogen and oxygen atoms in total. The fraction of sp³-hybridized carbons (Fsp3) is 0.235. The minimum absolute atomic E-state index is 0.183. The highest BCUT2D eigenvalue weighted by molar-refractivity contribution is 5.89. The first kappa shape index (κ1) is 13.2. The third-order valence-electron chi connectivity index (χ3n) is 4.15. The van der Waals surface area contributed by atoms with Crippen LogP contribution >= 0.6 is 0 Å². The Hall–Kier alpha value is -2.53. The molecule has 1 aromatic heterocycles. The van der Waals surface area contributed by atoms with E-state index in [9.17, 15) is 5.11 Å². The fourth-order valence-electron chi connectivity index (χ4n) is 2.82. The van der Waals surface area contributed by atoms with Gasteiger partial charge < -0.3 is 15.6 Å². The summed E-state index contributed by atoms with van der Waals surface area (Å²) in [5, 5.41) is 17.5. The molecule has 0 atom stereocenters. The number of aromatic hydroxyl groups is 1. The van der Waals surface area contributed by atoms with Gasteiger partial charge in [0.15, 0.2) is 0 Å². The summed E-state index contributed by atoms with van der Waals surface area (Å²) >= 11 is 0. The minimum Gasteiger partial charge on any atom is -0.508 e. The van der Waals surface area contributed by atoms with Crippen LogP contribution in [-0.4, -0.2) is 27.4 Å². The smallest absolute Gasteiger partial charge is 0.131 e. The first-order valence-electron chi connectivity index (χ1n) is 7.38. The monoisotopic (exact) mass is 295 g/mol. The Labute approximate surface area is 127 Å². The number of aromatic amines is 1. The molecule has 22 heavy (non-hydrogen) atoms. The average molecular weight is 295 g/mol. The molecule has 1 aliphatic rings. The van der Waals surface area contributed by atoms with E-state index >= 15 is 0 Å². The number of hydrogen-bond acceptors (Lipinski definition) is 4. The molecule has 1 fully saturated rings. The van der Waals surface area contributed by atoms with Gasteiger partial charge in [0.2, 0.25) is 0 Å². The number of nitrogens with zero attached hydrogens (tertiary/aromatic N) is 1. The third-order valence-corrected chi connectivity index (χ3v) is 4.15. The van der Waals surface area contributed by atoms with Gasteiger partial charge in [-0.1, -0.05) is 12.1 Å². The molecule has 0 unspecified atom stereocenters. The highest BCUT2D eigenvalue weighted by Crippen LogP contribution is 2.34. The van der Waals surface area contributed by atoms with Gasteiger partial charge in [-0.05, 0) is 48.2 Å². The van der Waals surface area contributed by atoms with Crippen molar-refractivity contribution >= 4 is 10.9 Å². The summed E-state index contributed by atoms with van der Waals surface area (Å²) in [6.45, 7) is 0. The molecule has 0 amide bonds. The number of aromatic nitrogens is 2. The molecule has 1 saturated carbocycles. The van der Waals surface area contributed by atoms with Crippen molar-refractivity contribution in [3.8, 4) is 22.6 Å². The Morgan fingerprint density at radius 1 is 1.14 bits per heavy atom. The first-order chi connectivity index (χ1) is 10.7.